The average molecular weight is 269 g/mol. The number of aromatic nitrogens is 2. The van der Waals surface area contributed by atoms with Crippen molar-refractivity contribution in [2.45, 2.75) is 12.8 Å². The third kappa shape index (κ3) is 2.18. The number of carbonyl (C=O) groups is 1. The summed E-state index contributed by atoms with van der Waals surface area (Å²) < 4.78 is 0.966. The summed E-state index contributed by atoms with van der Waals surface area (Å²) in [4.78, 5) is 10.5. The highest BCUT2D eigenvalue weighted by atomic mass is 79.9. The first-order valence-corrected chi connectivity index (χ1v) is 5.30. The van der Waals surface area contributed by atoms with Gasteiger partial charge in [-0.15, -0.1) is 0 Å². The Morgan fingerprint density at radius 3 is 3.07 bits per heavy atom. The van der Waals surface area contributed by atoms with Crippen molar-refractivity contribution in [3.8, 4) is 0 Å². The van der Waals surface area contributed by atoms with Gasteiger partial charge in [-0.2, -0.15) is 5.10 Å². The van der Waals surface area contributed by atoms with Crippen molar-refractivity contribution in [3.05, 3.63) is 28.4 Å². The van der Waals surface area contributed by atoms with Crippen LogP contribution < -0.4 is 0 Å². The molecule has 0 radical (unpaired) electrons. The molecule has 0 aliphatic rings. The van der Waals surface area contributed by atoms with Crippen LogP contribution in [0.15, 0.2) is 22.7 Å². The molecular formula is C10H9BrN2O2. The van der Waals surface area contributed by atoms with Crippen molar-refractivity contribution in [1.82, 2.24) is 10.2 Å². The Kier molecular flexibility index (Phi) is 2.73. The monoisotopic (exact) mass is 268 g/mol. The van der Waals surface area contributed by atoms with Gasteiger partial charge in [0.05, 0.1) is 11.9 Å². The zero-order chi connectivity index (χ0) is 10.8. The summed E-state index contributed by atoms with van der Waals surface area (Å²) in [5, 5.41) is 16.5. The molecule has 5 heteroatoms. The second-order valence-electron chi connectivity index (χ2n) is 3.26. The molecule has 2 aromatic rings. The molecule has 0 fully saturated rings. The number of nitrogens with zero attached hydrogens (tertiary/aromatic N) is 1. The summed E-state index contributed by atoms with van der Waals surface area (Å²) in [5.41, 5.74) is 1.73. The summed E-state index contributed by atoms with van der Waals surface area (Å²) in [6.45, 7) is 0. The first-order chi connectivity index (χ1) is 7.16. The molecule has 0 spiro atoms. The number of aromatic amines is 1. The Hall–Kier alpha value is -1.36. The molecule has 2 N–H and O–H groups in total. The highest BCUT2D eigenvalue weighted by Crippen LogP contribution is 2.21. The van der Waals surface area contributed by atoms with Gasteiger partial charge in [0.1, 0.15) is 0 Å². The predicted molar refractivity (Wildman–Crippen MR) is 59.8 cm³/mol. The molecule has 4 nitrogen and oxygen atoms in total. The van der Waals surface area contributed by atoms with E-state index in [0.29, 0.717) is 6.42 Å². The lowest BCUT2D eigenvalue weighted by Crippen LogP contribution is -1.97. The van der Waals surface area contributed by atoms with Crippen LogP contribution in [0.5, 0.6) is 0 Å². The van der Waals surface area contributed by atoms with Gasteiger partial charge in [0.25, 0.3) is 0 Å². The van der Waals surface area contributed by atoms with Crippen molar-refractivity contribution in [2.24, 2.45) is 0 Å². The molecular weight excluding hydrogens is 260 g/mol. The lowest BCUT2D eigenvalue weighted by molar-refractivity contribution is -0.136. The maximum absolute atomic E-state index is 10.5. The van der Waals surface area contributed by atoms with Crippen molar-refractivity contribution >= 4 is 32.8 Å². The second kappa shape index (κ2) is 4.02. The maximum Gasteiger partial charge on any atom is 0.303 e. The standard InChI is InChI=1S/C10H9BrN2O2/c11-6-1-2-8-7(5-6)9(13-12-8)3-4-10(14)15/h1-2,5H,3-4H2,(H,12,13)(H,14,15). The first kappa shape index (κ1) is 10.2. The number of aryl methyl sites for hydroxylation is 1. The number of aliphatic carboxylic acids is 1. The summed E-state index contributed by atoms with van der Waals surface area (Å²) in [7, 11) is 0. The smallest absolute Gasteiger partial charge is 0.303 e. The number of carboxylic acids is 1. The lowest BCUT2D eigenvalue weighted by Gasteiger charge is -1.95. The molecule has 0 unspecified atom stereocenters. The maximum atomic E-state index is 10.5. The van der Waals surface area contributed by atoms with E-state index in [1.54, 1.807) is 0 Å². The van der Waals surface area contributed by atoms with Gasteiger partial charge in [0.15, 0.2) is 0 Å². The SMILES string of the molecule is O=C(O)CCc1[nH]nc2ccc(Br)cc12. The molecule has 0 saturated carbocycles. The van der Waals surface area contributed by atoms with E-state index in [0.717, 1.165) is 21.1 Å². The molecule has 0 atom stereocenters. The van der Waals surface area contributed by atoms with Crippen LogP contribution >= 0.6 is 15.9 Å². The number of hydrogen-bond acceptors (Lipinski definition) is 2. The molecule has 1 aromatic heterocycles. The van der Waals surface area contributed by atoms with E-state index in [2.05, 4.69) is 26.1 Å². The number of rotatable bonds is 3. The molecule has 0 saturated heterocycles. The number of benzene rings is 1. The first-order valence-electron chi connectivity index (χ1n) is 4.51. The Balaban J connectivity index is 2.35. The fraction of sp³-hybridized carbons (Fsp3) is 0.200. The van der Waals surface area contributed by atoms with E-state index in [4.69, 9.17) is 5.11 Å². The summed E-state index contributed by atoms with van der Waals surface area (Å²) in [6.07, 6.45) is 0.589. The van der Waals surface area contributed by atoms with Gasteiger partial charge >= 0.3 is 5.97 Å². The van der Waals surface area contributed by atoms with Gasteiger partial charge in [-0.3, -0.25) is 9.89 Å². The Morgan fingerprint density at radius 2 is 2.33 bits per heavy atom. The summed E-state index contributed by atoms with van der Waals surface area (Å²) >= 11 is 3.37. The Bertz CT molecular complexity index is 507. The third-order valence-electron chi connectivity index (χ3n) is 2.18. The minimum absolute atomic E-state index is 0.115. The van der Waals surface area contributed by atoms with Crippen LogP contribution in [0.2, 0.25) is 0 Å². The molecule has 1 heterocycles. The molecule has 1 aromatic carbocycles. The van der Waals surface area contributed by atoms with Crippen LogP contribution in [0.4, 0.5) is 0 Å². The van der Waals surface area contributed by atoms with E-state index in [9.17, 15) is 4.79 Å². The fourth-order valence-electron chi connectivity index (χ4n) is 1.46. The van der Waals surface area contributed by atoms with Crippen LogP contribution in [0.25, 0.3) is 10.9 Å². The van der Waals surface area contributed by atoms with Gasteiger partial charge in [-0.1, -0.05) is 15.9 Å². The van der Waals surface area contributed by atoms with Crippen LogP contribution in [0, 0.1) is 0 Å². The van der Waals surface area contributed by atoms with Crippen molar-refractivity contribution in [3.63, 3.8) is 0 Å². The van der Waals surface area contributed by atoms with E-state index in [1.165, 1.54) is 0 Å². The number of fused-ring (bicyclic) bond motifs is 1. The second-order valence-corrected chi connectivity index (χ2v) is 4.17. The van der Waals surface area contributed by atoms with Crippen molar-refractivity contribution < 1.29 is 9.90 Å². The number of carboxylic acid groups (broad SMARTS) is 1. The van der Waals surface area contributed by atoms with Gasteiger partial charge in [-0.25, -0.2) is 0 Å². The van der Waals surface area contributed by atoms with E-state index in [-0.39, 0.29) is 6.42 Å². The molecule has 0 bridgehead atoms. The lowest BCUT2D eigenvalue weighted by atomic mass is 10.1. The van der Waals surface area contributed by atoms with E-state index in [1.807, 2.05) is 18.2 Å². The highest BCUT2D eigenvalue weighted by molar-refractivity contribution is 9.10. The predicted octanol–water partition coefficient (Wildman–Crippen LogP) is 2.34. The number of nitrogens with one attached hydrogen (secondary N) is 1. The van der Waals surface area contributed by atoms with Crippen LogP contribution in [0.1, 0.15) is 12.1 Å². The van der Waals surface area contributed by atoms with E-state index < -0.39 is 5.97 Å². The zero-order valence-electron chi connectivity index (χ0n) is 7.83. The molecule has 0 aliphatic carbocycles. The van der Waals surface area contributed by atoms with Gasteiger partial charge in [0, 0.05) is 22.0 Å². The normalized spacial score (nSPS) is 10.7. The number of halogens is 1. The third-order valence-corrected chi connectivity index (χ3v) is 2.68. The molecule has 0 amide bonds. The van der Waals surface area contributed by atoms with Crippen molar-refractivity contribution in [1.29, 1.82) is 0 Å². The van der Waals surface area contributed by atoms with Gasteiger partial charge in [0.2, 0.25) is 0 Å². The largest absolute Gasteiger partial charge is 0.481 e. The quantitative estimate of drug-likeness (QED) is 0.898. The Labute approximate surface area is 94.4 Å². The minimum Gasteiger partial charge on any atom is -0.481 e. The zero-order valence-corrected chi connectivity index (χ0v) is 9.41. The van der Waals surface area contributed by atoms with Crippen molar-refractivity contribution in [2.75, 3.05) is 0 Å². The van der Waals surface area contributed by atoms with Crippen LogP contribution in [-0.4, -0.2) is 21.3 Å². The van der Waals surface area contributed by atoms with Gasteiger partial charge < -0.3 is 5.11 Å². The van der Waals surface area contributed by atoms with E-state index >= 15 is 0 Å². The molecule has 15 heavy (non-hydrogen) atoms. The highest BCUT2D eigenvalue weighted by Gasteiger charge is 2.07. The number of hydrogen-bond donors (Lipinski definition) is 2. The average Bonchev–Trinajstić information content (AvgIpc) is 2.57. The van der Waals surface area contributed by atoms with Gasteiger partial charge in [-0.05, 0) is 18.2 Å². The topological polar surface area (TPSA) is 66.0 Å². The van der Waals surface area contributed by atoms with Crippen LogP contribution in [0.3, 0.4) is 0 Å². The Morgan fingerprint density at radius 1 is 1.53 bits per heavy atom. The molecule has 78 valence electrons. The summed E-state index contributed by atoms with van der Waals surface area (Å²) in [6, 6.07) is 5.74. The van der Waals surface area contributed by atoms with Crippen LogP contribution in [-0.2, 0) is 11.2 Å². The summed E-state index contributed by atoms with van der Waals surface area (Å²) in [5.74, 6) is -0.798. The molecule has 2 rings (SSSR count). The minimum atomic E-state index is -0.798. The fourth-order valence-corrected chi connectivity index (χ4v) is 1.82. The number of H-pyrrole nitrogens is 1. The molecule has 0 aliphatic heterocycles.